The SMILES string of the molecule is Nc1nc(-c2ccccc2)c(-c2ccc3ncccc3c2)nc1C(=O)NCc1cc(F)ccc1O. The number of nitrogens with zero attached hydrogens (tertiary/aromatic N) is 3. The maximum absolute atomic E-state index is 13.5. The highest BCUT2D eigenvalue weighted by Crippen LogP contribution is 2.32. The highest BCUT2D eigenvalue weighted by Gasteiger charge is 2.20. The largest absolute Gasteiger partial charge is 0.508 e. The van der Waals surface area contributed by atoms with E-state index in [0.717, 1.165) is 34.2 Å². The first-order chi connectivity index (χ1) is 17.0. The molecule has 0 aliphatic rings. The predicted octanol–water partition coefficient (Wildman–Crippen LogP) is 4.72. The minimum absolute atomic E-state index is 0.0453. The normalized spacial score (nSPS) is 10.9. The quantitative estimate of drug-likeness (QED) is 0.346. The number of carbonyl (C=O) groups is 1. The summed E-state index contributed by atoms with van der Waals surface area (Å²) in [7, 11) is 0. The van der Waals surface area contributed by atoms with Crippen LogP contribution in [0.25, 0.3) is 33.4 Å². The average Bonchev–Trinajstić information content (AvgIpc) is 2.89. The van der Waals surface area contributed by atoms with Crippen LogP contribution in [0.4, 0.5) is 10.2 Å². The van der Waals surface area contributed by atoms with Gasteiger partial charge in [-0.15, -0.1) is 0 Å². The van der Waals surface area contributed by atoms with Gasteiger partial charge in [-0.25, -0.2) is 14.4 Å². The summed E-state index contributed by atoms with van der Waals surface area (Å²) in [6.07, 6.45) is 1.72. The fourth-order valence-electron chi connectivity index (χ4n) is 3.79. The zero-order chi connectivity index (χ0) is 24.4. The molecule has 0 spiro atoms. The minimum Gasteiger partial charge on any atom is -0.508 e. The van der Waals surface area contributed by atoms with Gasteiger partial charge in [0.15, 0.2) is 11.5 Å². The molecule has 0 saturated heterocycles. The van der Waals surface area contributed by atoms with E-state index in [-0.39, 0.29) is 29.4 Å². The molecule has 3 aromatic carbocycles. The van der Waals surface area contributed by atoms with E-state index in [1.165, 1.54) is 6.07 Å². The number of pyridine rings is 1. The van der Waals surface area contributed by atoms with Crippen LogP contribution in [0.1, 0.15) is 16.1 Å². The first-order valence-corrected chi connectivity index (χ1v) is 10.8. The lowest BCUT2D eigenvalue weighted by atomic mass is 10.0. The Kier molecular flexibility index (Phi) is 5.76. The van der Waals surface area contributed by atoms with Crippen molar-refractivity contribution in [2.24, 2.45) is 0 Å². The number of aromatic hydroxyl groups is 1. The van der Waals surface area contributed by atoms with Crippen LogP contribution >= 0.6 is 0 Å². The topological polar surface area (TPSA) is 114 Å². The Labute approximate surface area is 200 Å². The third kappa shape index (κ3) is 4.49. The number of nitrogens with one attached hydrogen (secondary N) is 1. The monoisotopic (exact) mass is 465 g/mol. The minimum atomic E-state index is -0.595. The van der Waals surface area contributed by atoms with Crippen molar-refractivity contribution in [3.05, 3.63) is 102 Å². The lowest BCUT2D eigenvalue weighted by Crippen LogP contribution is -2.26. The molecule has 35 heavy (non-hydrogen) atoms. The van der Waals surface area contributed by atoms with Crippen LogP contribution in [0.5, 0.6) is 5.75 Å². The van der Waals surface area contributed by atoms with Crippen LogP contribution in [0, 0.1) is 5.82 Å². The van der Waals surface area contributed by atoms with Crippen molar-refractivity contribution in [3.8, 4) is 28.3 Å². The molecular weight excluding hydrogens is 445 g/mol. The van der Waals surface area contributed by atoms with E-state index in [1.807, 2.05) is 60.7 Å². The van der Waals surface area contributed by atoms with Gasteiger partial charge in [-0.2, -0.15) is 0 Å². The van der Waals surface area contributed by atoms with Crippen LogP contribution in [0.2, 0.25) is 0 Å². The zero-order valence-corrected chi connectivity index (χ0v) is 18.4. The number of aromatic nitrogens is 3. The van der Waals surface area contributed by atoms with Gasteiger partial charge in [-0.05, 0) is 36.4 Å². The number of anilines is 1. The molecule has 0 saturated carbocycles. The van der Waals surface area contributed by atoms with Crippen LogP contribution in [0.3, 0.4) is 0 Å². The third-order valence-corrected chi connectivity index (χ3v) is 5.54. The Morgan fingerprint density at radius 3 is 2.54 bits per heavy atom. The summed E-state index contributed by atoms with van der Waals surface area (Å²) in [6, 6.07) is 22.4. The lowest BCUT2D eigenvalue weighted by Gasteiger charge is -2.14. The van der Waals surface area contributed by atoms with E-state index in [4.69, 9.17) is 5.73 Å². The van der Waals surface area contributed by atoms with Crippen molar-refractivity contribution in [3.63, 3.8) is 0 Å². The summed E-state index contributed by atoms with van der Waals surface area (Å²) in [5, 5.41) is 13.5. The summed E-state index contributed by atoms with van der Waals surface area (Å²) >= 11 is 0. The van der Waals surface area contributed by atoms with E-state index < -0.39 is 11.7 Å². The van der Waals surface area contributed by atoms with Gasteiger partial charge in [-0.1, -0.05) is 42.5 Å². The number of halogens is 1. The highest BCUT2D eigenvalue weighted by molar-refractivity contribution is 5.98. The molecule has 0 atom stereocenters. The zero-order valence-electron chi connectivity index (χ0n) is 18.4. The number of phenols is 1. The van der Waals surface area contributed by atoms with E-state index in [2.05, 4.69) is 20.3 Å². The summed E-state index contributed by atoms with van der Waals surface area (Å²) in [6.45, 7) is -0.110. The van der Waals surface area contributed by atoms with Gasteiger partial charge in [0.1, 0.15) is 11.6 Å². The van der Waals surface area contributed by atoms with Crippen molar-refractivity contribution < 1.29 is 14.3 Å². The van der Waals surface area contributed by atoms with E-state index in [0.29, 0.717) is 11.4 Å². The fraction of sp³-hybridized carbons (Fsp3) is 0.0370. The Morgan fingerprint density at radius 2 is 1.71 bits per heavy atom. The van der Waals surface area contributed by atoms with Crippen LogP contribution < -0.4 is 11.1 Å². The van der Waals surface area contributed by atoms with E-state index in [9.17, 15) is 14.3 Å². The molecule has 0 radical (unpaired) electrons. The number of nitrogen functional groups attached to an aromatic ring is 1. The van der Waals surface area contributed by atoms with Gasteiger partial charge < -0.3 is 16.2 Å². The van der Waals surface area contributed by atoms with Crippen molar-refractivity contribution >= 4 is 22.6 Å². The van der Waals surface area contributed by atoms with Gasteiger partial charge in [0.05, 0.1) is 16.9 Å². The van der Waals surface area contributed by atoms with Crippen LogP contribution in [0.15, 0.2) is 85.1 Å². The smallest absolute Gasteiger partial charge is 0.274 e. The van der Waals surface area contributed by atoms with Gasteiger partial charge in [0.2, 0.25) is 0 Å². The maximum Gasteiger partial charge on any atom is 0.274 e. The summed E-state index contributed by atoms with van der Waals surface area (Å²) < 4.78 is 13.5. The number of hydrogen-bond acceptors (Lipinski definition) is 6. The number of amides is 1. The molecule has 0 aliphatic carbocycles. The Bertz CT molecular complexity index is 1560. The summed E-state index contributed by atoms with van der Waals surface area (Å²) in [5.41, 5.74) is 9.71. The molecule has 4 N–H and O–H groups in total. The second kappa shape index (κ2) is 9.18. The Hall–Kier alpha value is -4.85. The van der Waals surface area contributed by atoms with Crippen molar-refractivity contribution in [2.75, 3.05) is 5.73 Å². The molecule has 7 nitrogen and oxygen atoms in total. The van der Waals surface area contributed by atoms with Gasteiger partial charge in [0.25, 0.3) is 5.91 Å². The average molecular weight is 465 g/mol. The molecule has 0 aliphatic heterocycles. The molecule has 0 bridgehead atoms. The number of carbonyl (C=O) groups excluding carboxylic acids is 1. The molecule has 5 rings (SSSR count). The first kappa shape index (κ1) is 22.0. The summed E-state index contributed by atoms with van der Waals surface area (Å²) in [4.78, 5) is 26.5. The molecule has 0 fully saturated rings. The lowest BCUT2D eigenvalue weighted by molar-refractivity contribution is 0.0946. The summed E-state index contributed by atoms with van der Waals surface area (Å²) in [5.74, 6) is -1.29. The van der Waals surface area contributed by atoms with Gasteiger partial charge >= 0.3 is 0 Å². The molecule has 2 aromatic heterocycles. The second-order valence-corrected chi connectivity index (χ2v) is 7.89. The number of phenolic OH excluding ortho intramolecular Hbond substituents is 1. The molecule has 2 heterocycles. The van der Waals surface area contributed by atoms with Crippen LogP contribution in [-0.2, 0) is 6.54 Å². The van der Waals surface area contributed by atoms with Crippen LogP contribution in [-0.4, -0.2) is 26.0 Å². The van der Waals surface area contributed by atoms with Crippen molar-refractivity contribution in [1.29, 1.82) is 0 Å². The van der Waals surface area contributed by atoms with Gasteiger partial charge in [-0.3, -0.25) is 9.78 Å². The molecule has 0 unspecified atom stereocenters. The molecule has 8 heteroatoms. The second-order valence-electron chi connectivity index (χ2n) is 7.89. The maximum atomic E-state index is 13.5. The highest BCUT2D eigenvalue weighted by atomic mass is 19.1. The predicted molar refractivity (Wildman–Crippen MR) is 132 cm³/mol. The van der Waals surface area contributed by atoms with E-state index >= 15 is 0 Å². The molecule has 172 valence electrons. The number of fused-ring (bicyclic) bond motifs is 1. The number of hydrogen-bond donors (Lipinski definition) is 3. The number of nitrogens with two attached hydrogens (primary N) is 1. The standard InChI is InChI=1S/C27H20FN5O2/c28-20-9-11-22(34)19(14-20)15-31-27(35)25-26(29)33-23(16-5-2-1-3-6-16)24(32-25)18-8-10-21-17(13-18)7-4-12-30-21/h1-14,34H,15H2,(H2,29,33)(H,31,35). The van der Waals surface area contributed by atoms with Crippen molar-refractivity contribution in [2.45, 2.75) is 6.54 Å². The molecular formula is C27H20FN5O2. The third-order valence-electron chi connectivity index (χ3n) is 5.54. The van der Waals surface area contributed by atoms with Crippen molar-refractivity contribution in [1.82, 2.24) is 20.3 Å². The Balaban J connectivity index is 1.57. The Morgan fingerprint density at radius 1 is 0.914 bits per heavy atom. The fourth-order valence-corrected chi connectivity index (χ4v) is 3.79. The number of benzene rings is 3. The first-order valence-electron chi connectivity index (χ1n) is 10.8. The van der Waals surface area contributed by atoms with Gasteiger partial charge in [0, 0.05) is 34.8 Å². The van der Waals surface area contributed by atoms with E-state index in [1.54, 1.807) is 6.20 Å². The number of rotatable bonds is 5. The molecule has 1 amide bonds. The molecule has 5 aromatic rings.